The molecule has 1 unspecified atom stereocenters. The van der Waals surface area contributed by atoms with Crippen LogP contribution < -0.4 is 5.32 Å². The lowest BCUT2D eigenvalue weighted by molar-refractivity contribution is 0.462. The SMILES string of the molecule is CCc1cnc(CNC2CCCc3sccc32)s1. The van der Waals surface area contributed by atoms with Crippen molar-refractivity contribution in [3.63, 3.8) is 0 Å². The van der Waals surface area contributed by atoms with Crippen LogP contribution in [0.4, 0.5) is 0 Å². The fraction of sp³-hybridized carbons (Fsp3) is 0.500. The third kappa shape index (κ3) is 2.51. The first-order valence-electron chi connectivity index (χ1n) is 6.60. The minimum Gasteiger partial charge on any atom is -0.304 e. The molecule has 0 saturated heterocycles. The molecule has 0 aromatic carbocycles. The number of rotatable bonds is 4. The molecule has 0 radical (unpaired) electrons. The molecule has 2 aromatic heterocycles. The van der Waals surface area contributed by atoms with Crippen LogP contribution in [0.2, 0.25) is 0 Å². The van der Waals surface area contributed by atoms with Gasteiger partial charge in [-0.15, -0.1) is 22.7 Å². The van der Waals surface area contributed by atoms with Crippen molar-refractivity contribution in [2.24, 2.45) is 0 Å². The van der Waals surface area contributed by atoms with E-state index in [1.807, 2.05) is 28.9 Å². The summed E-state index contributed by atoms with van der Waals surface area (Å²) in [4.78, 5) is 7.43. The number of aryl methyl sites for hydroxylation is 2. The van der Waals surface area contributed by atoms with Crippen LogP contribution in [0.15, 0.2) is 17.6 Å². The molecule has 4 heteroatoms. The van der Waals surface area contributed by atoms with Crippen molar-refractivity contribution in [2.75, 3.05) is 0 Å². The normalized spacial score (nSPS) is 18.8. The third-order valence-electron chi connectivity index (χ3n) is 3.50. The van der Waals surface area contributed by atoms with E-state index >= 15 is 0 Å². The average molecular weight is 278 g/mol. The quantitative estimate of drug-likeness (QED) is 0.916. The van der Waals surface area contributed by atoms with Crippen LogP contribution >= 0.6 is 22.7 Å². The maximum Gasteiger partial charge on any atom is 0.107 e. The molecule has 0 fully saturated rings. The second kappa shape index (κ2) is 5.51. The second-order valence-electron chi connectivity index (χ2n) is 4.70. The third-order valence-corrected chi connectivity index (χ3v) is 5.64. The Kier molecular flexibility index (Phi) is 3.77. The molecule has 0 saturated carbocycles. The molecule has 96 valence electrons. The summed E-state index contributed by atoms with van der Waals surface area (Å²) in [6, 6.07) is 2.82. The number of hydrogen-bond donors (Lipinski definition) is 1. The van der Waals surface area contributed by atoms with Crippen molar-refractivity contribution >= 4 is 22.7 Å². The van der Waals surface area contributed by atoms with Gasteiger partial charge in [-0.25, -0.2) is 4.98 Å². The van der Waals surface area contributed by atoms with Crippen LogP contribution in [0.1, 0.15) is 46.1 Å². The van der Waals surface area contributed by atoms with E-state index < -0.39 is 0 Å². The Bertz CT molecular complexity index is 515. The maximum absolute atomic E-state index is 4.47. The van der Waals surface area contributed by atoms with Gasteiger partial charge < -0.3 is 5.32 Å². The zero-order valence-corrected chi connectivity index (χ0v) is 12.2. The van der Waals surface area contributed by atoms with Gasteiger partial charge in [-0.1, -0.05) is 6.92 Å². The van der Waals surface area contributed by atoms with Gasteiger partial charge in [-0.2, -0.15) is 0 Å². The largest absolute Gasteiger partial charge is 0.304 e. The van der Waals surface area contributed by atoms with E-state index in [4.69, 9.17) is 0 Å². The van der Waals surface area contributed by atoms with Crippen LogP contribution in [-0.2, 0) is 19.4 Å². The van der Waals surface area contributed by atoms with Crippen LogP contribution in [-0.4, -0.2) is 4.98 Å². The summed E-state index contributed by atoms with van der Waals surface area (Å²) in [5.74, 6) is 0. The first kappa shape index (κ1) is 12.3. The highest BCUT2D eigenvalue weighted by molar-refractivity contribution is 7.11. The van der Waals surface area contributed by atoms with E-state index in [1.165, 1.54) is 34.7 Å². The van der Waals surface area contributed by atoms with E-state index in [9.17, 15) is 0 Å². The molecule has 0 amide bonds. The number of fused-ring (bicyclic) bond motifs is 1. The molecule has 1 N–H and O–H groups in total. The fourth-order valence-electron chi connectivity index (χ4n) is 2.50. The van der Waals surface area contributed by atoms with Crippen LogP contribution in [0.5, 0.6) is 0 Å². The summed E-state index contributed by atoms with van der Waals surface area (Å²) >= 11 is 3.74. The molecule has 3 rings (SSSR count). The summed E-state index contributed by atoms with van der Waals surface area (Å²) in [7, 11) is 0. The highest BCUT2D eigenvalue weighted by atomic mass is 32.1. The van der Waals surface area contributed by atoms with Crippen LogP contribution in [0, 0.1) is 0 Å². The number of nitrogens with zero attached hydrogens (tertiary/aromatic N) is 1. The van der Waals surface area contributed by atoms with Gasteiger partial charge in [0.05, 0.1) is 0 Å². The lowest BCUT2D eigenvalue weighted by Gasteiger charge is -2.23. The van der Waals surface area contributed by atoms with E-state index in [-0.39, 0.29) is 0 Å². The summed E-state index contributed by atoms with van der Waals surface area (Å²) in [6.45, 7) is 3.09. The Morgan fingerprint density at radius 1 is 1.50 bits per heavy atom. The highest BCUT2D eigenvalue weighted by Crippen LogP contribution is 2.33. The molecule has 2 heterocycles. The van der Waals surface area contributed by atoms with Gasteiger partial charge in [-0.05, 0) is 42.7 Å². The lowest BCUT2D eigenvalue weighted by atomic mass is 9.94. The molecular weight excluding hydrogens is 260 g/mol. The zero-order valence-electron chi connectivity index (χ0n) is 10.6. The van der Waals surface area contributed by atoms with Gasteiger partial charge in [0, 0.05) is 28.5 Å². The van der Waals surface area contributed by atoms with Crippen molar-refractivity contribution in [3.05, 3.63) is 38.0 Å². The predicted octanol–water partition coefficient (Wildman–Crippen LogP) is 3.93. The van der Waals surface area contributed by atoms with Crippen molar-refractivity contribution in [1.82, 2.24) is 10.3 Å². The van der Waals surface area contributed by atoms with E-state index in [2.05, 4.69) is 28.7 Å². The lowest BCUT2D eigenvalue weighted by Crippen LogP contribution is -2.23. The van der Waals surface area contributed by atoms with Crippen LogP contribution in [0.25, 0.3) is 0 Å². The second-order valence-corrected chi connectivity index (χ2v) is 6.90. The molecule has 2 nitrogen and oxygen atoms in total. The highest BCUT2D eigenvalue weighted by Gasteiger charge is 2.20. The zero-order chi connectivity index (χ0) is 12.4. The van der Waals surface area contributed by atoms with E-state index in [0.29, 0.717) is 6.04 Å². The Morgan fingerprint density at radius 3 is 3.28 bits per heavy atom. The Morgan fingerprint density at radius 2 is 2.44 bits per heavy atom. The Balaban J connectivity index is 1.64. The predicted molar refractivity (Wildman–Crippen MR) is 78.3 cm³/mol. The smallest absolute Gasteiger partial charge is 0.107 e. The minimum absolute atomic E-state index is 0.536. The van der Waals surface area contributed by atoms with Crippen molar-refractivity contribution in [3.8, 4) is 0 Å². The van der Waals surface area contributed by atoms with Gasteiger partial charge in [0.2, 0.25) is 0 Å². The Hall–Kier alpha value is -0.710. The van der Waals surface area contributed by atoms with Gasteiger partial charge in [0.1, 0.15) is 5.01 Å². The standard InChI is InChI=1S/C14H18N2S2/c1-2-10-8-16-14(18-10)9-15-12-4-3-5-13-11(12)6-7-17-13/h6-8,12,15H,2-5,9H2,1H3. The number of hydrogen-bond acceptors (Lipinski definition) is 4. The number of thiazole rings is 1. The molecule has 1 aliphatic rings. The average Bonchev–Trinajstić information content (AvgIpc) is 3.05. The molecule has 0 aliphatic heterocycles. The Labute approximate surface area is 116 Å². The molecule has 0 bridgehead atoms. The first-order chi connectivity index (χ1) is 8.86. The molecule has 1 atom stereocenters. The minimum atomic E-state index is 0.536. The topological polar surface area (TPSA) is 24.9 Å². The first-order valence-corrected chi connectivity index (χ1v) is 8.29. The number of thiophene rings is 1. The van der Waals surface area contributed by atoms with Crippen molar-refractivity contribution in [2.45, 2.75) is 45.2 Å². The van der Waals surface area contributed by atoms with E-state index in [0.717, 1.165) is 13.0 Å². The summed E-state index contributed by atoms with van der Waals surface area (Å²) in [5, 5.41) is 7.11. The van der Waals surface area contributed by atoms with Gasteiger partial charge in [-0.3, -0.25) is 0 Å². The molecule has 1 aliphatic carbocycles. The molecule has 2 aromatic rings. The summed E-state index contributed by atoms with van der Waals surface area (Å²) in [5.41, 5.74) is 1.53. The van der Waals surface area contributed by atoms with E-state index in [1.54, 1.807) is 4.88 Å². The monoisotopic (exact) mass is 278 g/mol. The van der Waals surface area contributed by atoms with Crippen molar-refractivity contribution < 1.29 is 0 Å². The summed E-state index contributed by atoms with van der Waals surface area (Å²) < 4.78 is 0. The number of nitrogens with one attached hydrogen (secondary N) is 1. The summed E-state index contributed by atoms with van der Waals surface area (Å²) in [6.07, 6.45) is 6.94. The molecular formula is C14H18N2S2. The van der Waals surface area contributed by atoms with Crippen molar-refractivity contribution in [1.29, 1.82) is 0 Å². The molecule has 18 heavy (non-hydrogen) atoms. The van der Waals surface area contributed by atoms with Gasteiger partial charge in [0.15, 0.2) is 0 Å². The number of aromatic nitrogens is 1. The van der Waals surface area contributed by atoms with Crippen LogP contribution in [0.3, 0.4) is 0 Å². The molecule has 0 spiro atoms. The maximum atomic E-state index is 4.47. The van der Waals surface area contributed by atoms with Gasteiger partial charge >= 0.3 is 0 Å². The van der Waals surface area contributed by atoms with Gasteiger partial charge in [0.25, 0.3) is 0 Å². The fourth-order valence-corrected chi connectivity index (χ4v) is 4.30.